The third kappa shape index (κ3) is 5.09. The van der Waals surface area contributed by atoms with Gasteiger partial charge in [0.25, 0.3) is 5.91 Å². The molecule has 0 aromatic heterocycles. The first-order chi connectivity index (χ1) is 14.3. The van der Waals surface area contributed by atoms with Crippen LogP contribution >= 0.6 is 0 Å². The monoisotopic (exact) mass is 430 g/mol. The van der Waals surface area contributed by atoms with Gasteiger partial charge in [-0.25, -0.2) is 8.42 Å². The van der Waals surface area contributed by atoms with Crippen LogP contribution in [-0.4, -0.2) is 51.5 Å². The van der Waals surface area contributed by atoms with Crippen LogP contribution in [0.2, 0.25) is 0 Å². The largest absolute Gasteiger partial charge is 0.379 e. The van der Waals surface area contributed by atoms with Gasteiger partial charge in [0.05, 0.1) is 18.1 Å². The second-order valence-corrected chi connectivity index (χ2v) is 9.90. The smallest absolute Gasteiger partial charge is 0.251 e. The molecule has 1 amide bonds. The standard InChI is InChI=1S/C23H30N2O4S/c1-17(2)22(19-7-5-4-6-8-19)16-24-23(26)21-15-20(10-9-18(21)3)30(27,28)25-11-13-29-14-12-25/h4-10,15,17,22H,11-14,16H2,1-3H3,(H,24,26). The summed E-state index contributed by atoms with van der Waals surface area (Å²) in [5.74, 6) is 0.269. The van der Waals surface area contributed by atoms with Gasteiger partial charge in [-0.05, 0) is 36.1 Å². The SMILES string of the molecule is Cc1ccc(S(=O)(=O)N2CCOCC2)cc1C(=O)NCC(c1ccccc1)C(C)C. The normalized spacial score (nSPS) is 16.4. The van der Waals surface area contributed by atoms with Crippen LogP contribution in [0.4, 0.5) is 0 Å². The van der Waals surface area contributed by atoms with Gasteiger partial charge in [-0.3, -0.25) is 4.79 Å². The van der Waals surface area contributed by atoms with Crippen molar-refractivity contribution >= 4 is 15.9 Å². The molecule has 0 bridgehead atoms. The maximum Gasteiger partial charge on any atom is 0.251 e. The molecule has 0 aliphatic carbocycles. The van der Waals surface area contributed by atoms with Crippen molar-refractivity contribution in [1.82, 2.24) is 9.62 Å². The highest BCUT2D eigenvalue weighted by Crippen LogP contribution is 2.24. The number of nitrogens with zero attached hydrogens (tertiary/aromatic N) is 1. The molecule has 1 saturated heterocycles. The summed E-state index contributed by atoms with van der Waals surface area (Å²) < 4.78 is 32.6. The van der Waals surface area contributed by atoms with E-state index in [0.717, 1.165) is 5.56 Å². The Labute approximate surface area is 179 Å². The second-order valence-electron chi connectivity index (χ2n) is 7.96. The van der Waals surface area contributed by atoms with Crippen molar-refractivity contribution in [1.29, 1.82) is 0 Å². The molecule has 162 valence electrons. The first kappa shape index (κ1) is 22.5. The molecule has 7 heteroatoms. The first-order valence-corrected chi connectivity index (χ1v) is 11.8. The Hall–Kier alpha value is -2.22. The summed E-state index contributed by atoms with van der Waals surface area (Å²) in [5.41, 5.74) is 2.31. The number of nitrogens with one attached hydrogen (secondary N) is 1. The van der Waals surface area contributed by atoms with Gasteiger partial charge in [0.1, 0.15) is 0 Å². The number of morpholine rings is 1. The number of hydrogen-bond donors (Lipinski definition) is 1. The minimum absolute atomic E-state index is 0.142. The summed E-state index contributed by atoms with van der Waals surface area (Å²) in [4.78, 5) is 13.1. The quantitative estimate of drug-likeness (QED) is 0.732. The van der Waals surface area contributed by atoms with Gasteiger partial charge in [0, 0.05) is 31.1 Å². The van der Waals surface area contributed by atoms with Crippen molar-refractivity contribution in [3.63, 3.8) is 0 Å². The lowest BCUT2D eigenvalue weighted by atomic mass is 9.88. The van der Waals surface area contributed by atoms with E-state index in [2.05, 4.69) is 31.3 Å². The fourth-order valence-electron chi connectivity index (χ4n) is 3.68. The molecule has 6 nitrogen and oxygen atoms in total. The van der Waals surface area contributed by atoms with Crippen LogP contribution in [0.15, 0.2) is 53.4 Å². The van der Waals surface area contributed by atoms with Gasteiger partial charge < -0.3 is 10.1 Å². The molecule has 3 rings (SSSR count). The predicted octanol–water partition coefficient (Wildman–Crippen LogP) is 3.19. The lowest BCUT2D eigenvalue weighted by molar-refractivity contribution is 0.0730. The Bertz CT molecular complexity index is 968. The van der Waals surface area contributed by atoms with Gasteiger partial charge in [0.15, 0.2) is 0 Å². The van der Waals surface area contributed by atoms with Crippen LogP contribution in [0.1, 0.15) is 41.3 Å². The molecule has 1 atom stereocenters. The van der Waals surface area contributed by atoms with Gasteiger partial charge in [-0.2, -0.15) is 4.31 Å². The van der Waals surface area contributed by atoms with Crippen LogP contribution in [-0.2, 0) is 14.8 Å². The summed E-state index contributed by atoms with van der Waals surface area (Å²) in [5, 5.41) is 3.01. The zero-order valence-electron chi connectivity index (χ0n) is 17.8. The topological polar surface area (TPSA) is 75.7 Å². The van der Waals surface area contributed by atoms with Crippen LogP contribution < -0.4 is 5.32 Å². The molecular formula is C23H30N2O4S. The molecule has 1 aliphatic rings. The summed E-state index contributed by atoms with van der Waals surface area (Å²) in [6.45, 7) is 7.98. The van der Waals surface area contributed by atoms with Crippen molar-refractivity contribution < 1.29 is 17.9 Å². The van der Waals surface area contributed by atoms with Gasteiger partial charge in [-0.1, -0.05) is 50.2 Å². The number of carbonyl (C=O) groups excluding carboxylic acids is 1. The minimum Gasteiger partial charge on any atom is -0.379 e. The van der Waals surface area contributed by atoms with Crippen molar-refractivity contribution in [2.75, 3.05) is 32.8 Å². The number of carbonyl (C=O) groups is 1. The van der Waals surface area contributed by atoms with Gasteiger partial charge in [0.2, 0.25) is 10.0 Å². The Balaban J connectivity index is 1.78. The van der Waals surface area contributed by atoms with Crippen LogP contribution in [0.3, 0.4) is 0 Å². The summed E-state index contributed by atoms with van der Waals surface area (Å²) >= 11 is 0. The van der Waals surface area contributed by atoms with Crippen molar-refractivity contribution in [3.8, 4) is 0 Å². The van der Waals surface area contributed by atoms with E-state index < -0.39 is 10.0 Å². The number of hydrogen-bond acceptors (Lipinski definition) is 4. The molecule has 1 heterocycles. The molecular weight excluding hydrogens is 400 g/mol. The average molecular weight is 431 g/mol. The lowest BCUT2D eigenvalue weighted by Crippen LogP contribution is -2.40. The van der Waals surface area contributed by atoms with E-state index in [9.17, 15) is 13.2 Å². The Morgan fingerprint density at radius 1 is 1.10 bits per heavy atom. The number of benzene rings is 2. The third-order valence-electron chi connectivity index (χ3n) is 5.58. The fraction of sp³-hybridized carbons (Fsp3) is 0.435. The zero-order valence-corrected chi connectivity index (χ0v) is 18.6. The average Bonchev–Trinajstić information content (AvgIpc) is 2.75. The Kier molecular flexibility index (Phi) is 7.28. The maximum atomic E-state index is 13.0. The molecule has 1 unspecified atom stereocenters. The number of amides is 1. The number of ether oxygens (including phenoxy) is 1. The predicted molar refractivity (Wildman–Crippen MR) is 117 cm³/mol. The Morgan fingerprint density at radius 2 is 1.77 bits per heavy atom. The minimum atomic E-state index is -3.65. The molecule has 1 N–H and O–H groups in total. The molecule has 2 aromatic rings. The zero-order chi connectivity index (χ0) is 21.7. The summed E-state index contributed by atoms with van der Waals surface area (Å²) in [6.07, 6.45) is 0. The molecule has 1 fully saturated rings. The number of sulfonamides is 1. The third-order valence-corrected chi connectivity index (χ3v) is 7.47. The van der Waals surface area contributed by atoms with E-state index in [1.54, 1.807) is 12.1 Å². The summed E-state index contributed by atoms with van der Waals surface area (Å²) in [6, 6.07) is 14.9. The van der Waals surface area contributed by atoms with Crippen molar-refractivity contribution in [3.05, 3.63) is 65.2 Å². The first-order valence-electron chi connectivity index (χ1n) is 10.3. The maximum absolute atomic E-state index is 13.0. The van der Waals surface area contributed by atoms with Crippen LogP contribution in [0, 0.1) is 12.8 Å². The van der Waals surface area contributed by atoms with E-state index in [1.807, 2.05) is 25.1 Å². The fourth-order valence-corrected chi connectivity index (χ4v) is 5.11. The van der Waals surface area contributed by atoms with Crippen LogP contribution in [0.5, 0.6) is 0 Å². The Morgan fingerprint density at radius 3 is 2.40 bits per heavy atom. The van der Waals surface area contributed by atoms with Crippen LogP contribution in [0.25, 0.3) is 0 Å². The van der Waals surface area contributed by atoms with Gasteiger partial charge in [-0.15, -0.1) is 0 Å². The molecule has 0 spiro atoms. The highest BCUT2D eigenvalue weighted by atomic mass is 32.2. The second kappa shape index (κ2) is 9.73. The van der Waals surface area contributed by atoms with E-state index in [-0.39, 0.29) is 16.7 Å². The number of rotatable bonds is 7. The molecule has 0 saturated carbocycles. The molecule has 30 heavy (non-hydrogen) atoms. The summed E-state index contributed by atoms with van der Waals surface area (Å²) in [7, 11) is -3.65. The molecule has 0 radical (unpaired) electrons. The highest BCUT2D eigenvalue weighted by Gasteiger charge is 2.27. The van der Waals surface area contributed by atoms with E-state index >= 15 is 0 Å². The van der Waals surface area contributed by atoms with E-state index in [1.165, 1.54) is 15.9 Å². The molecule has 1 aliphatic heterocycles. The number of aryl methyl sites for hydroxylation is 1. The van der Waals surface area contributed by atoms with Crippen molar-refractivity contribution in [2.24, 2.45) is 5.92 Å². The van der Waals surface area contributed by atoms with Gasteiger partial charge >= 0.3 is 0 Å². The highest BCUT2D eigenvalue weighted by molar-refractivity contribution is 7.89. The van der Waals surface area contributed by atoms with Crippen molar-refractivity contribution in [2.45, 2.75) is 31.6 Å². The van der Waals surface area contributed by atoms with E-state index in [0.29, 0.717) is 44.3 Å². The van der Waals surface area contributed by atoms with E-state index in [4.69, 9.17) is 4.74 Å². The lowest BCUT2D eigenvalue weighted by Gasteiger charge is -2.26. The molecule has 2 aromatic carbocycles.